The van der Waals surface area contributed by atoms with Gasteiger partial charge in [-0.1, -0.05) is 44.2 Å². The third-order valence-electron chi connectivity index (χ3n) is 4.43. The molecule has 0 radical (unpaired) electrons. The Morgan fingerprint density at radius 2 is 1.93 bits per heavy atom. The molecule has 0 saturated carbocycles. The molecule has 7 nitrogen and oxygen atoms in total. The van der Waals surface area contributed by atoms with Crippen molar-refractivity contribution in [1.29, 1.82) is 0 Å². The fraction of sp³-hybridized carbons (Fsp3) is 0.500. The number of nitrogens with one attached hydrogen (secondary N) is 2. The predicted octanol–water partition coefficient (Wildman–Crippen LogP) is 1.85. The molecule has 1 saturated heterocycles. The van der Waals surface area contributed by atoms with E-state index in [-0.39, 0.29) is 6.54 Å². The number of carbonyl (C=O) groups is 3. The summed E-state index contributed by atoms with van der Waals surface area (Å²) in [6.07, 6.45) is -1.69. The molecule has 0 aromatic heterocycles. The van der Waals surface area contributed by atoms with Crippen LogP contribution in [0, 0.1) is 0 Å². The number of amides is 4. The lowest BCUT2D eigenvalue weighted by Crippen LogP contribution is -2.51. The summed E-state index contributed by atoms with van der Waals surface area (Å²) in [5.74, 6) is -1.31. The molecule has 148 valence electrons. The number of imide groups is 1. The van der Waals surface area contributed by atoms with Gasteiger partial charge in [0, 0.05) is 0 Å². The summed E-state index contributed by atoms with van der Waals surface area (Å²) in [7, 11) is 0. The number of halogens is 2. The minimum atomic E-state index is -2.58. The van der Waals surface area contributed by atoms with E-state index in [4.69, 9.17) is 0 Å². The standard InChI is InChI=1S/C18H24F2N4O3/c1-3-10-23(11-14(19)20)12-15(25)22-24-16(26)18(4-2,21-17(24)27)13-8-6-5-7-9-13/h5-9,14H,3-4,10-12H2,1-2H3,(H,21,27)(H,22,25). The van der Waals surface area contributed by atoms with Crippen LogP contribution in [0.5, 0.6) is 0 Å². The van der Waals surface area contributed by atoms with Crippen LogP contribution in [0.2, 0.25) is 0 Å². The first-order valence-electron chi connectivity index (χ1n) is 8.86. The number of alkyl halides is 2. The van der Waals surface area contributed by atoms with Crippen LogP contribution in [-0.4, -0.2) is 53.8 Å². The molecule has 4 amide bonds. The van der Waals surface area contributed by atoms with Crippen LogP contribution < -0.4 is 10.7 Å². The average Bonchev–Trinajstić information content (AvgIpc) is 2.87. The molecular weight excluding hydrogens is 358 g/mol. The van der Waals surface area contributed by atoms with Gasteiger partial charge >= 0.3 is 6.03 Å². The van der Waals surface area contributed by atoms with Crippen molar-refractivity contribution in [3.8, 4) is 0 Å². The number of carbonyl (C=O) groups excluding carboxylic acids is 3. The molecule has 1 heterocycles. The Kier molecular flexibility index (Phi) is 6.84. The van der Waals surface area contributed by atoms with Crippen LogP contribution in [-0.2, 0) is 15.1 Å². The largest absolute Gasteiger partial charge is 0.344 e. The van der Waals surface area contributed by atoms with E-state index in [0.29, 0.717) is 30.0 Å². The summed E-state index contributed by atoms with van der Waals surface area (Å²) in [6.45, 7) is 2.98. The predicted molar refractivity (Wildman–Crippen MR) is 94.7 cm³/mol. The fourth-order valence-electron chi connectivity index (χ4n) is 3.15. The SMILES string of the molecule is CCCN(CC(=O)NN1C(=O)NC(CC)(c2ccccc2)C1=O)CC(F)F. The zero-order valence-corrected chi connectivity index (χ0v) is 15.4. The summed E-state index contributed by atoms with van der Waals surface area (Å²) in [6, 6.07) is 7.98. The Bertz CT molecular complexity index is 686. The molecule has 1 aliphatic heterocycles. The Balaban J connectivity index is 2.11. The number of rotatable bonds is 9. The summed E-state index contributed by atoms with van der Waals surface area (Å²) in [5, 5.41) is 3.27. The lowest BCUT2D eigenvalue weighted by atomic mass is 9.87. The smallest absolute Gasteiger partial charge is 0.318 e. The van der Waals surface area contributed by atoms with Crippen molar-refractivity contribution in [2.75, 3.05) is 19.6 Å². The second kappa shape index (κ2) is 8.90. The molecule has 1 aliphatic rings. The zero-order chi connectivity index (χ0) is 20.0. The minimum absolute atomic E-state index is 0.293. The number of hydrogen-bond donors (Lipinski definition) is 2. The Morgan fingerprint density at radius 1 is 1.26 bits per heavy atom. The number of benzene rings is 1. The molecule has 0 aliphatic carbocycles. The maximum absolute atomic E-state index is 12.9. The van der Waals surface area contributed by atoms with Gasteiger partial charge in [-0.3, -0.25) is 19.9 Å². The van der Waals surface area contributed by atoms with Crippen molar-refractivity contribution in [2.24, 2.45) is 0 Å². The second-order valence-corrected chi connectivity index (χ2v) is 6.36. The van der Waals surface area contributed by atoms with E-state index in [0.717, 1.165) is 0 Å². The normalized spacial score (nSPS) is 19.7. The van der Waals surface area contributed by atoms with E-state index in [9.17, 15) is 23.2 Å². The molecule has 9 heteroatoms. The minimum Gasteiger partial charge on any atom is -0.318 e. The highest BCUT2D eigenvalue weighted by molar-refractivity contribution is 6.08. The Morgan fingerprint density at radius 3 is 2.48 bits per heavy atom. The fourth-order valence-corrected chi connectivity index (χ4v) is 3.15. The first-order chi connectivity index (χ1) is 12.8. The van der Waals surface area contributed by atoms with Gasteiger partial charge in [-0.2, -0.15) is 5.01 Å². The van der Waals surface area contributed by atoms with E-state index in [2.05, 4.69) is 10.7 Å². The quantitative estimate of drug-likeness (QED) is 0.639. The maximum Gasteiger partial charge on any atom is 0.344 e. The number of hydrazine groups is 1. The molecule has 2 rings (SSSR count). The topological polar surface area (TPSA) is 81.8 Å². The van der Waals surface area contributed by atoms with Gasteiger partial charge in [0.05, 0.1) is 13.1 Å². The van der Waals surface area contributed by atoms with Crippen LogP contribution in [0.1, 0.15) is 32.3 Å². The molecule has 1 fully saturated rings. The number of urea groups is 1. The molecule has 0 bridgehead atoms. The molecule has 2 N–H and O–H groups in total. The summed E-state index contributed by atoms with van der Waals surface area (Å²) in [4.78, 5) is 38.7. The highest BCUT2D eigenvalue weighted by atomic mass is 19.3. The zero-order valence-electron chi connectivity index (χ0n) is 15.4. The highest BCUT2D eigenvalue weighted by Gasteiger charge is 2.52. The molecule has 1 aromatic rings. The van der Waals surface area contributed by atoms with E-state index in [1.165, 1.54) is 4.90 Å². The van der Waals surface area contributed by atoms with Crippen LogP contribution in [0.15, 0.2) is 30.3 Å². The Hall–Kier alpha value is -2.55. The summed E-state index contributed by atoms with van der Waals surface area (Å²) < 4.78 is 25.2. The van der Waals surface area contributed by atoms with Crippen molar-refractivity contribution in [1.82, 2.24) is 20.7 Å². The first-order valence-corrected chi connectivity index (χ1v) is 8.86. The Labute approximate surface area is 156 Å². The number of hydrogen-bond acceptors (Lipinski definition) is 4. The van der Waals surface area contributed by atoms with Crippen molar-refractivity contribution in [2.45, 2.75) is 38.7 Å². The van der Waals surface area contributed by atoms with Gasteiger partial charge in [-0.05, 0) is 24.9 Å². The summed E-state index contributed by atoms with van der Waals surface area (Å²) in [5.41, 5.74) is 1.58. The van der Waals surface area contributed by atoms with Gasteiger partial charge in [-0.15, -0.1) is 0 Å². The van der Waals surface area contributed by atoms with Gasteiger partial charge in [-0.25, -0.2) is 13.6 Å². The van der Waals surface area contributed by atoms with Gasteiger partial charge < -0.3 is 5.32 Å². The van der Waals surface area contributed by atoms with Crippen LogP contribution in [0.4, 0.5) is 13.6 Å². The van der Waals surface area contributed by atoms with Gasteiger partial charge in [0.15, 0.2) is 0 Å². The molecule has 27 heavy (non-hydrogen) atoms. The van der Waals surface area contributed by atoms with Gasteiger partial charge in [0.25, 0.3) is 18.2 Å². The number of nitrogens with zero attached hydrogens (tertiary/aromatic N) is 2. The maximum atomic E-state index is 12.9. The van der Waals surface area contributed by atoms with Crippen LogP contribution >= 0.6 is 0 Å². The third-order valence-corrected chi connectivity index (χ3v) is 4.43. The molecule has 1 unspecified atom stereocenters. The van der Waals surface area contributed by atoms with Crippen LogP contribution in [0.25, 0.3) is 0 Å². The van der Waals surface area contributed by atoms with Crippen molar-refractivity contribution >= 4 is 17.8 Å². The lowest BCUT2D eigenvalue weighted by Gasteiger charge is -2.26. The highest BCUT2D eigenvalue weighted by Crippen LogP contribution is 2.31. The molecule has 1 atom stereocenters. The van der Waals surface area contributed by atoms with Gasteiger partial charge in [0.1, 0.15) is 5.54 Å². The average molecular weight is 382 g/mol. The van der Waals surface area contributed by atoms with Crippen molar-refractivity contribution < 1.29 is 23.2 Å². The lowest BCUT2D eigenvalue weighted by molar-refractivity contribution is -0.140. The van der Waals surface area contributed by atoms with E-state index in [1.807, 2.05) is 6.92 Å². The van der Waals surface area contributed by atoms with E-state index >= 15 is 0 Å². The van der Waals surface area contributed by atoms with Gasteiger partial charge in [0.2, 0.25) is 0 Å². The van der Waals surface area contributed by atoms with Crippen molar-refractivity contribution in [3.05, 3.63) is 35.9 Å². The molecular formula is C18H24F2N4O3. The summed E-state index contributed by atoms with van der Waals surface area (Å²) >= 11 is 0. The first kappa shape index (κ1) is 20.8. The molecule has 0 spiro atoms. The van der Waals surface area contributed by atoms with E-state index < -0.39 is 36.4 Å². The second-order valence-electron chi connectivity index (χ2n) is 6.36. The van der Waals surface area contributed by atoms with Crippen LogP contribution in [0.3, 0.4) is 0 Å². The third kappa shape index (κ3) is 4.60. The van der Waals surface area contributed by atoms with E-state index in [1.54, 1.807) is 37.3 Å². The molecule has 1 aromatic carbocycles. The van der Waals surface area contributed by atoms with Crippen molar-refractivity contribution in [3.63, 3.8) is 0 Å². The monoisotopic (exact) mass is 382 g/mol.